The first-order valence-corrected chi connectivity index (χ1v) is 9.44. The van der Waals surface area contributed by atoms with E-state index in [0.717, 1.165) is 11.8 Å². The van der Waals surface area contributed by atoms with E-state index in [2.05, 4.69) is 44.8 Å². The lowest BCUT2D eigenvalue weighted by atomic mass is 9.70. The van der Waals surface area contributed by atoms with Crippen LogP contribution in [-0.2, 0) is 0 Å². The maximum absolute atomic E-state index is 3.77. The molecule has 0 heterocycles. The molecule has 2 heteroatoms. The summed E-state index contributed by atoms with van der Waals surface area (Å²) in [5.74, 6) is 1.70. The van der Waals surface area contributed by atoms with E-state index in [-0.39, 0.29) is 0 Å². The molecule has 126 valence electrons. The molecule has 1 fully saturated rings. The van der Waals surface area contributed by atoms with Crippen molar-refractivity contribution in [3.05, 3.63) is 0 Å². The highest BCUT2D eigenvalue weighted by Crippen LogP contribution is 2.39. The van der Waals surface area contributed by atoms with Gasteiger partial charge in [0, 0.05) is 13.1 Å². The molecule has 2 nitrogen and oxygen atoms in total. The summed E-state index contributed by atoms with van der Waals surface area (Å²) in [5, 5.41) is 3.77. The highest BCUT2D eigenvalue weighted by atomic mass is 15.1. The molecule has 0 bridgehead atoms. The summed E-state index contributed by atoms with van der Waals surface area (Å²) in [4.78, 5) is 2.70. The average molecular weight is 297 g/mol. The maximum Gasteiger partial charge on any atom is 0.00500 e. The first-order valence-electron chi connectivity index (χ1n) is 9.44. The van der Waals surface area contributed by atoms with Gasteiger partial charge in [-0.15, -0.1) is 0 Å². The molecule has 0 radical (unpaired) electrons. The van der Waals surface area contributed by atoms with Gasteiger partial charge in [0.15, 0.2) is 0 Å². The molecular formula is C19H40N2. The van der Waals surface area contributed by atoms with E-state index < -0.39 is 0 Å². The van der Waals surface area contributed by atoms with Crippen molar-refractivity contribution in [1.82, 2.24) is 10.2 Å². The maximum atomic E-state index is 3.77. The minimum Gasteiger partial charge on any atom is -0.316 e. The van der Waals surface area contributed by atoms with E-state index in [4.69, 9.17) is 0 Å². The van der Waals surface area contributed by atoms with Gasteiger partial charge in [-0.1, -0.05) is 53.9 Å². The lowest BCUT2D eigenvalue weighted by Gasteiger charge is -2.43. The number of nitrogens with zero attached hydrogens (tertiary/aromatic N) is 1. The van der Waals surface area contributed by atoms with Crippen LogP contribution in [0.4, 0.5) is 0 Å². The van der Waals surface area contributed by atoms with Gasteiger partial charge in [0.25, 0.3) is 0 Å². The Morgan fingerprint density at radius 1 is 1.19 bits per heavy atom. The fraction of sp³-hybridized carbons (Fsp3) is 1.00. The van der Waals surface area contributed by atoms with E-state index >= 15 is 0 Å². The first kappa shape index (κ1) is 19.0. The highest BCUT2D eigenvalue weighted by molar-refractivity contribution is 4.89. The summed E-state index contributed by atoms with van der Waals surface area (Å²) in [7, 11) is 0. The third kappa shape index (κ3) is 7.15. The third-order valence-electron chi connectivity index (χ3n) is 5.22. The van der Waals surface area contributed by atoms with E-state index in [1.165, 1.54) is 71.2 Å². The molecule has 0 unspecified atom stereocenters. The van der Waals surface area contributed by atoms with E-state index in [0.29, 0.717) is 5.41 Å². The molecule has 0 saturated heterocycles. The second-order valence-electron chi connectivity index (χ2n) is 7.93. The van der Waals surface area contributed by atoms with Crippen molar-refractivity contribution in [2.24, 2.45) is 17.3 Å². The molecule has 0 aromatic heterocycles. The van der Waals surface area contributed by atoms with Gasteiger partial charge >= 0.3 is 0 Å². The topological polar surface area (TPSA) is 15.3 Å². The quantitative estimate of drug-likeness (QED) is 0.636. The molecular weight excluding hydrogens is 256 g/mol. The van der Waals surface area contributed by atoms with Crippen molar-refractivity contribution >= 4 is 0 Å². The van der Waals surface area contributed by atoms with Gasteiger partial charge in [-0.2, -0.15) is 0 Å². The minimum atomic E-state index is 0.533. The molecule has 1 aliphatic rings. The van der Waals surface area contributed by atoms with Crippen molar-refractivity contribution in [1.29, 1.82) is 0 Å². The van der Waals surface area contributed by atoms with Crippen LogP contribution in [-0.4, -0.2) is 37.6 Å². The normalized spacial score (nSPS) is 26.7. The van der Waals surface area contributed by atoms with Gasteiger partial charge in [-0.25, -0.2) is 0 Å². The van der Waals surface area contributed by atoms with Gasteiger partial charge < -0.3 is 10.2 Å². The van der Waals surface area contributed by atoms with E-state index in [1.807, 2.05) is 0 Å². The van der Waals surface area contributed by atoms with Gasteiger partial charge in [0.05, 0.1) is 0 Å². The zero-order chi connectivity index (χ0) is 15.7. The van der Waals surface area contributed by atoms with E-state index in [9.17, 15) is 0 Å². The third-order valence-corrected chi connectivity index (χ3v) is 5.22. The molecule has 1 saturated carbocycles. The molecule has 1 aliphatic carbocycles. The predicted octanol–water partition coefficient (Wildman–Crippen LogP) is 4.55. The molecule has 1 rings (SSSR count). The summed E-state index contributed by atoms with van der Waals surface area (Å²) in [6.45, 7) is 17.9. The van der Waals surface area contributed by atoms with E-state index in [1.54, 1.807) is 0 Å². The Hall–Kier alpha value is -0.0800. The Bertz CT molecular complexity index is 254. The Labute approximate surface area is 134 Å². The molecule has 0 aromatic rings. The highest BCUT2D eigenvalue weighted by Gasteiger charge is 2.35. The van der Waals surface area contributed by atoms with Crippen LogP contribution in [0.5, 0.6) is 0 Å². The van der Waals surface area contributed by atoms with Crippen LogP contribution in [0.2, 0.25) is 0 Å². The van der Waals surface area contributed by atoms with Crippen LogP contribution in [0.3, 0.4) is 0 Å². The zero-order valence-electron chi connectivity index (χ0n) is 15.4. The molecule has 21 heavy (non-hydrogen) atoms. The summed E-state index contributed by atoms with van der Waals surface area (Å²) >= 11 is 0. The Morgan fingerprint density at radius 3 is 2.38 bits per heavy atom. The fourth-order valence-corrected chi connectivity index (χ4v) is 3.60. The average Bonchev–Trinajstić information content (AvgIpc) is 2.46. The Kier molecular flexibility index (Phi) is 8.89. The van der Waals surface area contributed by atoms with Crippen molar-refractivity contribution < 1.29 is 0 Å². The van der Waals surface area contributed by atoms with Crippen LogP contribution < -0.4 is 5.32 Å². The molecule has 0 spiro atoms. The number of hydrogen-bond acceptors (Lipinski definition) is 2. The van der Waals surface area contributed by atoms with Gasteiger partial charge in [0.1, 0.15) is 0 Å². The first-order chi connectivity index (χ1) is 10.0. The lowest BCUT2D eigenvalue weighted by Crippen LogP contribution is -2.47. The van der Waals surface area contributed by atoms with Crippen molar-refractivity contribution in [3.63, 3.8) is 0 Å². The van der Waals surface area contributed by atoms with Crippen LogP contribution >= 0.6 is 0 Å². The van der Waals surface area contributed by atoms with Crippen molar-refractivity contribution in [2.45, 2.75) is 73.1 Å². The Morgan fingerprint density at radius 2 is 1.86 bits per heavy atom. The molecule has 0 amide bonds. The molecule has 1 N–H and O–H groups in total. The Balaban J connectivity index is 2.57. The van der Waals surface area contributed by atoms with Crippen molar-refractivity contribution in [3.8, 4) is 0 Å². The second-order valence-corrected chi connectivity index (χ2v) is 7.93. The summed E-state index contributed by atoms with van der Waals surface area (Å²) in [6, 6.07) is 0. The summed E-state index contributed by atoms with van der Waals surface area (Å²) in [5.41, 5.74) is 0.533. The van der Waals surface area contributed by atoms with Crippen LogP contribution in [0.1, 0.15) is 73.1 Å². The SMILES string of the molecule is CCCCN(CC)CC1(CNCC(C)C)CCC(C)CC1. The number of unbranched alkanes of at least 4 members (excludes halogenated alkanes) is 1. The van der Waals surface area contributed by atoms with Gasteiger partial charge in [-0.05, 0) is 56.1 Å². The predicted molar refractivity (Wildman–Crippen MR) is 94.8 cm³/mol. The van der Waals surface area contributed by atoms with Crippen LogP contribution in [0.15, 0.2) is 0 Å². The fourth-order valence-electron chi connectivity index (χ4n) is 3.60. The molecule has 0 aromatic carbocycles. The van der Waals surface area contributed by atoms with Gasteiger partial charge in [0.2, 0.25) is 0 Å². The minimum absolute atomic E-state index is 0.533. The second kappa shape index (κ2) is 9.84. The zero-order valence-corrected chi connectivity index (χ0v) is 15.4. The summed E-state index contributed by atoms with van der Waals surface area (Å²) in [6.07, 6.45) is 8.35. The number of hydrogen-bond donors (Lipinski definition) is 1. The molecule has 0 aliphatic heterocycles. The lowest BCUT2D eigenvalue weighted by molar-refractivity contribution is 0.0874. The van der Waals surface area contributed by atoms with Crippen LogP contribution in [0, 0.1) is 17.3 Å². The summed E-state index contributed by atoms with van der Waals surface area (Å²) < 4.78 is 0. The largest absolute Gasteiger partial charge is 0.316 e. The smallest absolute Gasteiger partial charge is 0.00500 e. The standard InChI is InChI=1S/C19H40N2/c1-6-8-13-21(7-2)16-19(15-20-14-17(3)4)11-9-18(5)10-12-19/h17-18,20H,6-16H2,1-5H3. The number of nitrogens with one attached hydrogen (secondary N) is 1. The van der Waals surface area contributed by atoms with Gasteiger partial charge in [-0.3, -0.25) is 0 Å². The van der Waals surface area contributed by atoms with Crippen LogP contribution in [0.25, 0.3) is 0 Å². The van der Waals surface area contributed by atoms with Crippen molar-refractivity contribution in [2.75, 3.05) is 32.7 Å². The number of rotatable bonds is 10. The molecule has 0 atom stereocenters. The monoisotopic (exact) mass is 296 g/mol.